The summed E-state index contributed by atoms with van der Waals surface area (Å²) in [5.74, 6) is 0.170. The van der Waals surface area contributed by atoms with Gasteiger partial charge >= 0.3 is 0 Å². The number of halogens is 1. The molecule has 2 heterocycles. The molecule has 0 unspecified atom stereocenters. The molecule has 0 saturated carbocycles. The van der Waals surface area contributed by atoms with Gasteiger partial charge in [0.1, 0.15) is 16.5 Å². The number of sulfonamides is 1. The number of hydrogen-bond acceptors (Lipinski definition) is 4. The Morgan fingerprint density at radius 1 is 1.00 bits per heavy atom. The summed E-state index contributed by atoms with van der Waals surface area (Å²) in [5.41, 5.74) is 2.20. The molecule has 2 aromatic carbocycles. The van der Waals surface area contributed by atoms with Gasteiger partial charge in [0.05, 0.1) is 12.2 Å². The summed E-state index contributed by atoms with van der Waals surface area (Å²) in [6.07, 6.45) is 1.72. The lowest BCUT2D eigenvalue weighted by molar-refractivity contribution is 0.590. The van der Waals surface area contributed by atoms with Gasteiger partial charge in [-0.2, -0.15) is 0 Å². The van der Waals surface area contributed by atoms with Gasteiger partial charge in [0.15, 0.2) is 5.65 Å². The zero-order valence-electron chi connectivity index (χ0n) is 15.9. The molecule has 0 aliphatic rings. The van der Waals surface area contributed by atoms with Crippen LogP contribution in [0.1, 0.15) is 17.0 Å². The highest BCUT2D eigenvalue weighted by Gasteiger charge is 2.29. The van der Waals surface area contributed by atoms with Crippen molar-refractivity contribution in [3.63, 3.8) is 0 Å². The van der Waals surface area contributed by atoms with Crippen LogP contribution in [0.4, 0.5) is 10.1 Å². The summed E-state index contributed by atoms with van der Waals surface area (Å²) < 4.78 is 44.0. The molecule has 0 aliphatic heterocycles. The van der Waals surface area contributed by atoms with Gasteiger partial charge in [-0.1, -0.05) is 24.3 Å². The lowest BCUT2D eigenvalue weighted by Gasteiger charge is -2.25. The average Bonchev–Trinajstić information content (AvgIpc) is 3.07. The highest BCUT2D eigenvalue weighted by Crippen LogP contribution is 2.28. The summed E-state index contributed by atoms with van der Waals surface area (Å²) in [7, 11) is -4.01. The molecule has 2 aromatic heterocycles. The molecule has 0 saturated heterocycles. The van der Waals surface area contributed by atoms with Gasteiger partial charge in [-0.3, -0.25) is 8.71 Å². The van der Waals surface area contributed by atoms with Crippen molar-refractivity contribution in [2.45, 2.75) is 25.3 Å². The summed E-state index contributed by atoms with van der Waals surface area (Å²) in [4.78, 5) is 0.0403. The molecule has 0 spiro atoms. The fourth-order valence-corrected chi connectivity index (χ4v) is 4.79. The molecular weight excluding hydrogens is 391 g/mol. The normalized spacial score (nSPS) is 11.7. The minimum Gasteiger partial charge on any atom is -0.286 e. The van der Waals surface area contributed by atoms with Crippen LogP contribution < -0.4 is 4.31 Å². The maximum Gasteiger partial charge on any atom is 0.268 e. The second kappa shape index (κ2) is 7.29. The Morgan fingerprint density at radius 3 is 2.55 bits per heavy atom. The Bertz CT molecular complexity index is 1300. The molecule has 148 valence electrons. The molecule has 0 bridgehead atoms. The fourth-order valence-electron chi connectivity index (χ4n) is 3.23. The van der Waals surface area contributed by atoms with Crippen molar-refractivity contribution in [3.8, 4) is 0 Å². The second-order valence-corrected chi connectivity index (χ2v) is 8.62. The van der Waals surface area contributed by atoms with Gasteiger partial charge in [-0.25, -0.2) is 12.8 Å². The van der Waals surface area contributed by atoms with Crippen molar-refractivity contribution in [1.29, 1.82) is 0 Å². The highest BCUT2D eigenvalue weighted by molar-refractivity contribution is 7.93. The van der Waals surface area contributed by atoms with E-state index in [4.69, 9.17) is 0 Å². The molecule has 0 atom stereocenters. The Hall–Kier alpha value is -3.26. The van der Waals surface area contributed by atoms with E-state index in [0.29, 0.717) is 17.1 Å². The monoisotopic (exact) mass is 410 g/mol. The number of aryl methyl sites for hydroxylation is 2. The molecule has 29 heavy (non-hydrogen) atoms. The van der Waals surface area contributed by atoms with Crippen molar-refractivity contribution in [3.05, 3.63) is 89.6 Å². The number of aromatic nitrogens is 3. The van der Waals surface area contributed by atoms with Crippen molar-refractivity contribution in [2.24, 2.45) is 0 Å². The van der Waals surface area contributed by atoms with Gasteiger partial charge < -0.3 is 0 Å². The van der Waals surface area contributed by atoms with Crippen LogP contribution in [0.5, 0.6) is 0 Å². The SMILES string of the molecule is Cc1cccc(N(Cc2cccc(F)c2)S(=O)(=O)c2cccn3c(C)nnc23)c1. The van der Waals surface area contributed by atoms with Crippen LogP contribution >= 0.6 is 0 Å². The van der Waals surface area contributed by atoms with E-state index < -0.39 is 15.8 Å². The largest absolute Gasteiger partial charge is 0.286 e. The maximum atomic E-state index is 13.7. The predicted octanol–water partition coefficient (Wildman–Crippen LogP) is 3.88. The first-order chi connectivity index (χ1) is 13.9. The number of anilines is 1. The maximum absolute atomic E-state index is 13.7. The van der Waals surface area contributed by atoms with Gasteiger partial charge in [0.2, 0.25) is 0 Å². The third-order valence-corrected chi connectivity index (χ3v) is 6.44. The number of fused-ring (bicyclic) bond motifs is 1. The number of hydrogen-bond donors (Lipinski definition) is 0. The molecular formula is C21H19FN4O2S. The molecule has 0 amide bonds. The van der Waals surface area contributed by atoms with Crippen LogP contribution in [-0.4, -0.2) is 23.0 Å². The first kappa shape index (κ1) is 19.1. The summed E-state index contributed by atoms with van der Waals surface area (Å²) >= 11 is 0. The summed E-state index contributed by atoms with van der Waals surface area (Å²) in [5, 5.41) is 8.04. The Balaban J connectivity index is 1.89. The minimum atomic E-state index is -4.01. The number of pyridine rings is 1. The van der Waals surface area contributed by atoms with Crippen molar-refractivity contribution in [2.75, 3.05) is 4.31 Å². The molecule has 0 fully saturated rings. The van der Waals surface area contributed by atoms with Crippen LogP contribution in [0.3, 0.4) is 0 Å². The summed E-state index contributed by atoms with van der Waals surface area (Å²) in [6.45, 7) is 3.62. The molecule has 0 aliphatic carbocycles. The third kappa shape index (κ3) is 3.58. The molecule has 0 radical (unpaired) electrons. The lowest BCUT2D eigenvalue weighted by atomic mass is 10.2. The standard InChI is InChI=1S/C21H19FN4O2S/c1-15-6-3-9-19(12-15)26(14-17-7-4-8-18(22)13-17)29(27,28)20-10-5-11-25-16(2)23-24-21(20)25/h3-13H,14H2,1-2H3. The van der Waals surface area contributed by atoms with E-state index in [1.165, 1.54) is 22.5 Å². The van der Waals surface area contributed by atoms with Crippen molar-refractivity contribution in [1.82, 2.24) is 14.6 Å². The highest BCUT2D eigenvalue weighted by atomic mass is 32.2. The molecule has 0 N–H and O–H groups in total. The molecule has 8 heteroatoms. The zero-order valence-corrected chi connectivity index (χ0v) is 16.8. The van der Waals surface area contributed by atoms with Gasteiger partial charge in [-0.05, 0) is 61.4 Å². The van der Waals surface area contributed by atoms with Gasteiger partial charge in [0, 0.05) is 6.20 Å². The van der Waals surface area contributed by atoms with E-state index in [0.717, 1.165) is 5.56 Å². The van der Waals surface area contributed by atoms with E-state index in [1.54, 1.807) is 53.9 Å². The Morgan fingerprint density at radius 2 is 1.79 bits per heavy atom. The first-order valence-corrected chi connectivity index (χ1v) is 10.4. The summed E-state index contributed by atoms with van der Waals surface area (Å²) in [6, 6.07) is 16.3. The number of nitrogens with zero attached hydrogens (tertiary/aromatic N) is 4. The van der Waals surface area contributed by atoms with E-state index in [-0.39, 0.29) is 17.1 Å². The Kier molecular flexibility index (Phi) is 4.79. The van der Waals surface area contributed by atoms with Crippen molar-refractivity contribution >= 4 is 21.4 Å². The smallest absolute Gasteiger partial charge is 0.268 e. The minimum absolute atomic E-state index is 0.0162. The Labute approximate surface area is 168 Å². The molecule has 4 aromatic rings. The van der Waals surface area contributed by atoms with E-state index in [2.05, 4.69) is 10.2 Å². The third-order valence-electron chi connectivity index (χ3n) is 4.64. The number of benzene rings is 2. The fraction of sp³-hybridized carbons (Fsp3) is 0.143. The van der Waals surface area contributed by atoms with Crippen LogP contribution in [0.15, 0.2) is 71.8 Å². The average molecular weight is 410 g/mol. The van der Waals surface area contributed by atoms with Gasteiger partial charge in [0.25, 0.3) is 10.0 Å². The first-order valence-electron chi connectivity index (χ1n) is 9.00. The second-order valence-electron chi connectivity index (χ2n) is 6.79. The van der Waals surface area contributed by atoms with Crippen LogP contribution in [0.25, 0.3) is 5.65 Å². The number of rotatable bonds is 5. The van der Waals surface area contributed by atoms with Crippen LogP contribution in [0.2, 0.25) is 0 Å². The van der Waals surface area contributed by atoms with E-state index >= 15 is 0 Å². The molecule has 6 nitrogen and oxygen atoms in total. The van der Waals surface area contributed by atoms with Crippen LogP contribution in [0, 0.1) is 19.7 Å². The van der Waals surface area contributed by atoms with Gasteiger partial charge in [-0.15, -0.1) is 10.2 Å². The predicted molar refractivity (Wildman–Crippen MR) is 109 cm³/mol. The quantitative estimate of drug-likeness (QED) is 0.501. The topological polar surface area (TPSA) is 67.6 Å². The van der Waals surface area contributed by atoms with E-state index in [1.807, 2.05) is 13.0 Å². The van der Waals surface area contributed by atoms with E-state index in [9.17, 15) is 12.8 Å². The van der Waals surface area contributed by atoms with Crippen LogP contribution in [-0.2, 0) is 16.6 Å². The lowest BCUT2D eigenvalue weighted by Crippen LogP contribution is -2.31. The molecule has 4 rings (SSSR count). The zero-order chi connectivity index (χ0) is 20.6. The van der Waals surface area contributed by atoms with Crippen molar-refractivity contribution < 1.29 is 12.8 Å².